The predicted octanol–water partition coefficient (Wildman–Crippen LogP) is 7.13. The highest BCUT2D eigenvalue weighted by molar-refractivity contribution is 5.89. The van der Waals surface area contributed by atoms with Gasteiger partial charge in [0, 0.05) is 18.8 Å². The monoisotopic (exact) mass is 404 g/mol. The van der Waals surface area contributed by atoms with E-state index in [4.69, 9.17) is 0 Å². The smallest absolute Gasteiger partial charge is 0.320 e. The largest absolute Gasteiger partial charge is 0.322 e. The molecule has 0 spiro atoms. The van der Waals surface area contributed by atoms with Crippen LogP contribution in [0.5, 0.6) is 0 Å². The van der Waals surface area contributed by atoms with Crippen LogP contribution in [0.3, 0.4) is 0 Å². The lowest BCUT2D eigenvalue weighted by Gasteiger charge is -2.29. The van der Waals surface area contributed by atoms with E-state index in [0.29, 0.717) is 12.5 Å². The third kappa shape index (κ3) is 5.24. The maximum Gasteiger partial charge on any atom is 0.322 e. The molecule has 0 aromatic heterocycles. The molecule has 2 aromatic rings. The molecule has 0 radical (unpaired) electrons. The number of nitrogens with zero attached hydrogens (tertiary/aromatic N) is 1. The van der Waals surface area contributed by atoms with Crippen LogP contribution in [-0.4, -0.2) is 17.5 Å². The fourth-order valence-corrected chi connectivity index (χ4v) is 5.18. The molecule has 1 aliphatic heterocycles. The molecule has 2 amide bonds. The fraction of sp³-hybridized carbons (Fsp3) is 0.519. The van der Waals surface area contributed by atoms with E-state index in [9.17, 15) is 4.79 Å². The molecule has 2 aliphatic rings. The lowest BCUT2D eigenvalue weighted by atomic mass is 9.77. The van der Waals surface area contributed by atoms with E-state index in [1.807, 2.05) is 4.90 Å². The summed E-state index contributed by atoms with van der Waals surface area (Å²) in [6, 6.07) is 17.0. The van der Waals surface area contributed by atoms with E-state index >= 15 is 0 Å². The molecular formula is C27H36N2O. The molecule has 3 nitrogen and oxygen atoms in total. The van der Waals surface area contributed by atoms with Crippen LogP contribution in [0.1, 0.15) is 80.9 Å². The zero-order valence-electron chi connectivity index (χ0n) is 18.4. The first kappa shape index (κ1) is 21.0. The number of hydrogen-bond donors (Lipinski definition) is 1. The van der Waals surface area contributed by atoms with E-state index in [1.165, 1.54) is 68.1 Å². The minimum absolute atomic E-state index is 0.00448. The SMILES string of the molecule is CCCCCC1CCC(c2ccc(NC(=O)N3CCc4ccccc4C3)cc2)CC1. The van der Waals surface area contributed by atoms with E-state index in [0.717, 1.165) is 24.6 Å². The second-order valence-electron chi connectivity index (χ2n) is 9.21. The second kappa shape index (κ2) is 10.1. The summed E-state index contributed by atoms with van der Waals surface area (Å²) in [6.45, 7) is 3.76. The molecule has 1 heterocycles. The average Bonchev–Trinajstić information content (AvgIpc) is 2.80. The van der Waals surface area contributed by atoms with E-state index < -0.39 is 0 Å². The van der Waals surface area contributed by atoms with Crippen molar-refractivity contribution in [2.45, 2.75) is 77.2 Å². The lowest BCUT2D eigenvalue weighted by molar-refractivity contribution is 0.206. The summed E-state index contributed by atoms with van der Waals surface area (Å²) >= 11 is 0. The minimum atomic E-state index is 0.00448. The van der Waals surface area contributed by atoms with Crippen molar-refractivity contribution < 1.29 is 4.79 Å². The van der Waals surface area contributed by atoms with Crippen molar-refractivity contribution in [1.82, 2.24) is 4.90 Å². The fourth-order valence-electron chi connectivity index (χ4n) is 5.18. The van der Waals surface area contributed by atoms with Crippen molar-refractivity contribution in [3.63, 3.8) is 0 Å². The van der Waals surface area contributed by atoms with Crippen molar-refractivity contribution in [2.75, 3.05) is 11.9 Å². The van der Waals surface area contributed by atoms with Gasteiger partial charge >= 0.3 is 6.03 Å². The molecule has 3 heteroatoms. The van der Waals surface area contributed by atoms with Crippen molar-refractivity contribution in [1.29, 1.82) is 0 Å². The third-order valence-electron chi connectivity index (χ3n) is 7.11. The Kier molecular flexibility index (Phi) is 7.09. The van der Waals surface area contributed by atoms with E-state index in [1.54, 1.807) is 0 Å². The van der Waals surface area contributed by atoms with Crippen molar-refractivity contribution in [3.05, 3.63) is 65.2 Å². The molecule has 1 fully saturated rings. The molecule has 1 aliphatic carbocycles. The predicted molar refractivity (Wildman–Crippen MR) is 125 cm³/mol. The lowest BCUT2D eigenvalue weighted by Crippen LogP contribution is -2.38. The summed E-state index contributed by atoms with van der Waals surface area (Å²) in [5.74, 6) is 1.64. The van der Waals surface area contributed by atoms with E-state index in [2.05, 4.69) is 60.8 Å². The number of anilines is 1. The van der Waals surface area contributed by atoms with Gasteiger partial charge in [0.05, 0.1) is 0 Å². The van der Waals surface area contributed by atoms with Crippen molar-refractivity contribution in [2.24, 2.45) is 5.92 Å². The molecule has 2 aromatic carbocycles. The van der Waals surface area contributed by atoms with Gasteiger partial charge in [0.2, 0.25) is 0 Å². The van der Waals surface area contributed by atoms with Gasteiger partial charge in [-0.25, -0.2) is 4.79 Å². The molecule has 0 atom stereocenters. The Bertz CT molecular complexity index is 821. The Hall–Kier alpha value is -2.29. The van der Waals surface area contributed by atoms with Gasteiger partial charge in [-0.2, -0.15) is 0 Å². The van der Waals surface area contributed by atoms with Gasteiger partial charge in [-0.1, -0.05) is 69.0 Å². The van der Waals surface area contributed by atoms with Gasteiger partial charge in [0.15, 0.2) is 0 Å². The van der Waals surface area contributed by atoms with Crippen LogP contribution >= 0.6 is 0 Å². The number of hydrogen-bond acceptors (Lipinski definition) is 1. The summed E-state index contributed by atoms with van der Waals surface area (Å²) in [7, 11) is 0. The van der Waals surface area contributed by atoms with Gasteiger partial charge in [0.1, 0.15) is 0 Å². The van der Waals surface area contributed by atoms with Crippen LogP contribution < -0.4 is 5.32 Å². The number of fused-ring (bicyclic) bond motifs is 1. The van der Waals surface area contributed by atoms with Crippen LogP contribution in [0.2, 0.25) is 0 Å². The van der Waals surface area contributed by atoms with Crippen LogP contribution in [-0.2, 0) is 13.0 Å². The highest BCUT2D eigenvalue weighted by Gasteiger charge is 2.23. The van der Waals surface area contributed by atoms with Gasteiger partial charge < -0.3 is 10.2 Å². The number of unbranched alkanes of at least 4 members (excludes halogenated alkanes) is 2. The normalized spacial score (nSPS) is 21.2. The summed E-state index contributed by atoms with van der Waals surface area (Å²) in [4.78, 5) is 14.6. The molecule has 1 N–H and O–H groups in total. The number of benzene rings is 2. The topological polar surface area (TPSA) is 32.3 Å². The first-order valence-corrected chi connectivity index (χ1v) is 12.0. The minimum Gasteiger partial charge on any atom is -0.320 e. The molecule has 0 unspecified atom stereocenters. The van der Waals surface area contributed by atoms with Gasteiger partial charge in [-0.05, 0) is 72.8 Å². The maximum atomic E-state index is 12.7. The first-order chi connectivity index (χ1) is 14.7. The first-order valence-electron chi connectivity index (χ1n) is 12.0. The Morgan fingerprint density at radius 2 is 1.70 bits per heavy atom. The number of amides is 2. The zero-order chi connectivity index (χ0) is 20.8. The summed E-state index contributed by atoms with van der Waals surface area (Å²) in [6.07, 6.45) is 11.9. The van der Waals surface area contributed by atoms with Gasteiger partial charge in [-0.15, -0.1) is 0 Å². The molecule has 0 bridgehead atoms. The number of nitrogens with one attached hydrogen (secondary N) is 1. The average molecular weight is 405 g/mol. The molecule has 0 saturated heterocycles. The molecular weight excluding hydrogens is 368 g/mol. The summed E-state index contributed by atoms with van der Waals surface area (Å²) in [5, 5.41) is 3.10. The highest BCUT2D eigenvalue weighted by Crippen LogP contribution is 2.38. The van der Waals surface area contributed by atoms with Crippen molar-refractivity contribution in [3.8, 4) is 0 Å². The number of carbonyl (C=O) groups is 1. The number of rotatable bonds is 6. The third-order valence-corrected chi connectivity index (χ3v) is 7.11. The van der Waals surface area contributed by atoms with Crippen LogP contribution in [0.15, 0.2) is 48.5 Å². The van der Waals surface area contributed by atoms with Crippen LogP contribution in [0, 0.1) is 5.92 Å². The number of carbonyl (C=O) groups excluding carboxylic acids is 1. The Labute approximate surface area is 181 Å². The van der Waals surface area contributed by atoms with Gasteiger partial charge in [-0.3, -0.25) is 0 Å². The maximum absolute atomic E-state index is 12.7. The summed E-state index contributed by atoms with van der Waals surface area (Å²) < 4.78 is 0. The molecule has 30 heavy (non-hydrogen) atoms. The highest BCUT2D eigenvalue weighted by atomic mass is 16.2. The Balaban J connectivity index is 1.27. The second-order valence-corrected chi connectivity index (χ2v) is 9.21. The van der Waals surface area contributed by atoms with E-state index in [-0.39, 0.29) is 6.03 Å². The Morgan fingerprint density at radius 1 is 0.967 bits per heavy atom. The van der Waals surface area contributed by atoms with Crippen LogP contribution in [0.4, 0.5) is 10.5 Å². The van der Waals surface area contributed by atoms with Gasteiger partial charge in [0.25, 0.3) is 0 Å². The number of urea groups is 1. The molecule has 4 rings (SSSR count). The van der Waals surface area contributed by atoms with Crippen LogP contribution in [0.25, 0.3) is 0 Å². The Morgan fingerprint density at radius 3 is 2.43 bits per heavy atom. The van der Waals surface area contributed by atoms with Crippen molar-refractivity contribution >= 4 is 11.7 Å². The molecule has 160 valence electrons. The summed E-state index contributed by atoms with van der Waals surface area (Å²) in [5.41, 5.74) is 4.97. The molecule has 1 saturated carbocycles. The quantitative estimate of drug-likeness (QED) is 0.510. The standard InChI is InChI=1S/C27H36N2O/c1-2-3-4-7-21-10-12-23(13-11-21)24-14-16-26(17-15-24)28-27(30)29-19-18-22-8-5-6-9-25(22)20-29/h5-6,8-9,14-17,21,23H,2-4,7,10-13,18-20H2,1H3,(H,28,30). The zero-order valence-corrected chi connectivity index (χ0v) is 18.4.